The second-order valence-corrected chi connectivity index (χ2v) is 7.34. The molecule has 1 aliphatic carbocycles. The number of ether oxygens (including phenoxy) is 3. The lowest BCUT2D eigenvalue weighted by Crippen LogP contribution is -2.45. The van der Waals surface area contributed by atoms with Crippen LogP contribution in [0.1, 0.15) is 36.0 Å². The Hall–Kier alpha value is -2.61. The molecular formula is C20H26N2O6. The average molecular weight is 390 g/mol. The quantitative estimate of drug-likeness (QED) is 0.625. The fraction of sp³-hybridized carbons (Fsp3) is 0.550. The molecule has 152 valence electrons. The Morgan fingerprint density at radius 2 is 1.93 bits per heavy atom. The monoisotopic (exact) mass is 390 g/mol. The van der Waals surface area contributed by atoms with E-state index in [-0.39, 0.29) is 16.7 Å². The minimum atomic E-state index is -0.787. The predicted molar refractivity (Wildman–Crippen MR) is 101 cm³/mol. The molecule has 1 saturated heterocycles. The number of amides is 2. The second-order valence-electron chi connectivity index (χ2n) is 7.34. The zero-order valence-corrected chi connectivity index (χ0v) is 16.3. The van der Waals surface area contributed by atoms with Crippen molar-refractivity contribution in [3.63, 3.8) is 0 Å². The van der Waals surface area contributed by atoms with E-state index in [1.165, 1.54) is 26.4 Å². The average Bonchev–Trinajstić information content (AvgIpc) is 3.06. The first kappa shape index (κ1) is 20.1. The van der Waals surface area contributed by atoms with E-state index >= 15 is 0 Å². The van der Waals surface area contributed by atoms with E-state index in [2.05, 4.69) is 5.32 Å². The maximum absolute atomic E-state index is 12.8. The highest BCUT2D eigenvalue weighted by Gasteiger charge is 2.40. The molecule has 0 aromatic heterocycles. The number of nitrogens with zero attached hydrogens (tertiary/aromatic N) is 1. The Morgan fingerprint density at radius 1 is 1.18 bits per heavy atom. The van der Waals surface area contributed by atoms with Gasteiger partial charge in [-0.25, -0.2) is 4.79 Å². The van der Waals surface area contributed by atoms with Crippen molar-refractivity contribution in [1.29, 1.82) is 0 Å². The Kier molecular flexibility index (Phi) is 6.18. The molecule has 1 N–H and O–H groups in total. The van der Waals surface area contributed by atoms with E-state index in [4.69, 9.17) is 14.2 Å². The third kappa shape index (κ3) is 4.27. The number of anilines is 1. The molecule has 1 aromatic carbocycles. The van der Waals surface area contributed by atoms with Crippen LogP contribution in [0.15, 0.2) is 18.2 Å². The van der Waals surface area contributed by atoms with E-state index in [1.54, 1.807) is 11.0 Å². The van der Waals surface area contributed by atoms with Crippen LogP contribution in [-0.4, -0.2) is 63.2 Å². The van der Waals surface area contributed by atoms with Gasteiger partial charge < -0.3 is 24.4 Å². The van der Waals surface area contributed by atoms with Crippen molar-refractivity contribution in [3.8, 4) is 5.75 Å². The van der Waals surface area contributed by atoms with Crippen molar-refractivity contribution in [2.75, 3.05) is 45.8 Å². The zero-order valence-electron chi connectivity index (χ0n) is 16.3. The number of benzene rings is 1. The SMILES string of the molecule is COC(=O)c1cc(OC)ccc1NC(=O)C(=O)N1CCOCC2(CCCC2)C1. The number of carbonyl (C=O) groups excluding carboxylic acids is 3. The van der Waals surface area contributed by atoms with Gasteiger partial charge in [0.1, 0.15) is 5.75 Å². The van der Waals surface area contributed by atoms with Crippen molar-refractivity contribution in [1.82, 2.24) is 4.90 Å². The normalized spacial score (nSPS) is 18.4. The molecule has 1 saturated carbocycles. The number of esters is 1. The van der Waals surface area contributed by atoms with Gasteiger partial charge in [-0.3, -0.25) is 9.59 Å². The van der Waals surface area contributed by atoms with Crippen molar-refractivity contribution in [2.24, 2.45) is 5.41 Å². The number of nitrogens with one attached hydrogen (secondary N) is 1. The molecule has 1 aromatic rings. The molecule has 1 heterocycles. The lowest BCUT2D eigenvalue weighted by molar-refractivity contribution is -0.143. The van der Waals surface area contributed by atoms with E-state index in [0.717, 1.165) is 25.7 Å². The maximum atomic E-state index is 12.8. The number of hydrogen-bond donors (Lipinski definition) is 1. The molecular weight excluding hydrogens is 364 g/mol. The Labute approximate surface area is 164 Å². The summed E-state index contributed by atoms with van der Waals surface area (Å²) in [6, 6.07) is 4.57. The topological polar surface area (TPSA) is 94.2 Å². The van der Waals surface area contributed by atoms with Crippen LogP contribution in [0.3, 0.4) is 0 Å². The zero-order chi connectivity index (χ0) is 20.1. The highest BCUT2D eigenvalue weighted by atomic mass is 16.5. The number of carbonyl (C=O) groups is 3. The standard InChI is InChI=1S/C20H26N2O6/c1-26-14-5-6-16(15(11-14)19(25)27-2)21-17(23)18(24)22-9-10-28-13-20(12-22)7-3-4-8-20/h5-6,11H,3-4,7-10,12-13H2,1-2H3,(H,21,23). The third-order valence-corrected chi connectivity index (χ3v) is 5.47. The fourth-order valence-corrected chi connectivity index (χ4v) is 3.95. The number of rotatable bonds is 3. The van der Waals surface area contributed by atoms with Gasteiger partial charge in [0.25, 0.3) is 0 Å². The smallest absolute Gasteiger partial charge is 0.340 e. The molecule has 2 amide bonds. The minimum absolute atomic E-state index is 0.0519. The lowest BCUT2D eigenvalue weighted by atomic mass is 9.86. The number of methoxy groups -OCH3 is 2. The predicted octanol–water partition coefficient (Wildman–Crippen LogP) is 1.84. The first-order valence-corrected chi connectivity index (χ1v) is 9.42. The molecule has 0 radical (unpaired) electrons. The first-order chi connectivity index (χ1) is 13.5. The van der Waals surface area contributed by atoms with Crippen molar-refractivity contribution >= 4 is 23.5 Å². The molecule has 0 atom stereocenters. The van der Waals surface area contributed by atoms with Crippen LogP contribution < -0.4 is 10.1 Å². The van der Waals surface area contributed by atoms with Crippen molar-refractivity contribution in [2.45, 2.75) is 25.7 Å². The van der Waals surface area contributed by atoms with Gasteiger partial charge >= 0.3 is 17.8 Å². The Morgan fingerprint density at radius 3 is 2.61 bits per heavy atom. The van der Waals surface area contributed by atoms with E-state index in [1.807, 2.05) is 0 Å². The molecule has 28 heavy (non-hydrogen) atoms. The van der Waals surface area contributed by atoms with Gasteiger partial charge in [-0.1, -0.05) is 12.8 Å². The van der Waals surface area contributed by atoms with Gasteiger partial charge in [-0.15, -0.1) is 0 Å². The molecule has 8 nitrogen and oxygen atoms in total. The van der Waals surface area contributed by atoms with Crippen LogP contribution in [0.2, 0.25) is 0 Å². The lowest BCUT2D eigenvalue weighted by Gasteiger charge is -2.31. The fourth-order valence-electron chi connectivity index (χ4n) is 3.95. The van der Waals surface area contributed by atoms with Gasteiger partial charge in [0.05, 0.1) is 38.7 Å². The van der Waals surface area contributed by atoms with Gasteiger partial charge in [0.2, 0.25) is 0 Å². The summed E-state index contributed by atoms with van der Waals surface area (Å²) in [5, 5.41) is 2.55. The Bertz CT molecular complexity index is 757. The summed E-state index contributed by atoms with van der Waals surface area (Å²) in [6.45, 7) is 1.94. The van der Waals surface area contributed by atoms with E-state index in [0.29, 0.717) is 32.1 Å². The summed E-state index contributed by atoms with van der Waals surface area (Å²) in [4.78, 5) is 39.0. The molecule has 1 aliphatic heterocycles. The van der Waals surface area contributed by atoms with Crippen LogP contribution in [0.5, 0.6) is 5.75 Å². The third-order valence-electron chi connectivity index (χ3n) is 5.47. The molecule has 1 spiro atoms. The van der Waals surface area contributed by atoms with Gasteiger partial charge in [0.15, 0.2) is 0 Å². The van der Waals surface area contributed by atoms with Gasteiger partial charge in [-0.05, 0) is 31.0 Å². The molecule has 2 aliphatic rings. The van der Waals surface area contributed by atoms with Gasteiger partial charge in [0, 0.05) is 18.5 Å². The summed E-state index contributed by atoms with van der Waals surface area (Å²) >= 11 is 0. The van der Waals surface area contributed by atoms with Crippen LogP contribution in [0.25, 0.3) is 0 Å². The van der Waals surface area contributed by atoms with Gasteiger partial charge in [-0.2, -0.15) is 0 Å². The van der Waals surface area contributed by atoms with E-state index < -0.39 is 17.8 Å². The first-order valence-electron chi connectivity index (χ1n) is 9.42. The highest BCUT2D eigenvalue weighted by Crippen LogP contribution is 2.40. The maximum Gasteiger partial charge on any atom is 0.340 e. The molecule has 0 bridgehead atoms. The molecule has 8 heteroatoms. The number of hydrogen-bond acceptors (Lipinski definition) is 6. The molecule has 0 unspecified atom stereocenters. The highest BCUT2D eigenvalue weighted by molar-refractivity contribution is 6.39. The largest absolute Gasteiger partial charge is 0.497 e. The summed E-state index contributed by atoms with van der Waals surface area (Å²) in [7, 11) is 2.72. The van der Waals surface area contributed by atoms with Crippen molar-refractivity contribution < 1.29 is 28.6 Å². The molecule has 3 rings (SSSR count). The minimum Gasteiger partial charge on any atom is -0.497 e. The van der Waals surface area contributed by atoms with Crippen molar-refractivity contribution in [3.05, 3.63) is 23.8 Å². The Balaban J connectivity index is 1.75. The van der Waals surface area contributed by atoms with Crippen LogP contribution in [0.4, 0.5) is 5.69 Å². The second kappa shape index (κ2) is 8.60. The molecule has 2 fully saturated rings. The summed E-state index contributed by atoms with van der Waals surface area (Å²) in [5.41, 5.74) is 0.270. The summed E-state index contributed by atoms with van der Waals surface area (Å²) in [6.07, 6.45) is 4.24. The summed E-state index contributed by atoms with van der Waals surface area (Å²) in [5.74, 6) is -1.60. The van der Waals surface area contributed by atoms with Crippen LogP contribution in [-0.2, 0) is 19.1 Å². The van der Waals surface area contributed by atoms with E-state index in [9.17, 15) is 14.4 Å². The van der Waals surface area contributed by atoms with Crippen LogP contribution in [0, 0.1) is 5.41 Å². The summed E-state index contributed by atoms with van der Waals surface area (Å²) < 4.78 is 15.6. The van der Waals surface area contributed by atoms with Crippen LogP contribution >= 0.6 is 0 Å².